The monoisotopic (exact) mass is 745 g/mol. The molecule has 12 nitrogen and oxygen atoms in total. The van der Waals surface area contributed by atoms with Gasteiger partial charge in [0.1, 0.15) is 16.9 Å². The summed E-state index contributed by atoms with van der Waals surface area (Å²) in [4.78, 5) is 56.3. The lowest BCUT2D eigenvalue weighted by molar-refractivity contribution is -0.136. The first-order chi connectivity index (χ1) is 26.2. The third kappa shape index (κ3) is 8.23. The van der Waals surface area contributed by atoms with Gasteiger partial charge in [-0.25, -0.2) is 9.97 Å². The number of amides is 3. The van der Waals surface area contributed by atoms with Crippen LogP contribution in [0.15, 0.2) is 89.0 Å². The van der Waals surface area contributed by atoms with Crippen LogP contribution in [0.1, 0.15) is 59.7 Å². The van der Waals surface area contributed by atoms with Crippen LogP contribution in [0.4, 0.5) is 17.2 Å². The van der Waals surface area contributed by atoms with Crippen molar-refractivity contribution >= 4 is 46.7 Å². The number of anilines is 3. The van der Waals surface area contributed by atoms with Gasteiger partial charge >= 0.3 is 0 Å². The van der Waals surface area contributed by atoms with Crippen molar-refractivity contribution in [2.24, 2.45) is 5.73 Å². The van der Waals surface area contributed by atoms with Crippen molar-refractivity contribution in [3.63, 3.8) is 0 Å². The summed E-state index contributed by atoms with van der Waals surface area (Å²) < 4.78 is 0. The van der Waals surface area contributed by atoms with Crippen molar-refractivity contribution in [2.75, 3.05) is 54.4 Å². The second-order valence-electron chi connectivity index (χ2n) is 15.2. The van der Waals surface area contributed by atoms with E-state index in [4.69, 9.17) is 5.73 Å². The molecule has 0 spiro atoms. The molecule has 4 aromatic rings. The molecule has 0 radical (unpaired) electrons. The number of nitrogens with two attached hydrogens (primary N) is 1. The highest BCUT2D eigenvalue weighted by Gasteiger charge is 2.39. The number of hydrogen-bond acceptors (Lipinski definition) is 11. The number of fused-ring (bicyclic) bond motifs is 1. The Labute approximate surface area is 320 Å². The third-order valence-electron chi connectivity index (χ3n) is 11.1. The second kappa shape index (κ2) is 15.4. The number of rotatable bonds is 10. The number of piperazine rings is 1. The van der Waals surface area contributed by atoms with E-state index < -0.39 is 6.04 Å². The third-order valence-corrected chi connectivity index (χ3v) is 12.0. The molecule has 4 N–H and O–H groups in total. The average Bonchev–Trinajstić information content (AvgIpc) is 3.50. The molecule has 0 aliphatic carbocycles. The van der Waals surface area contributed by atoms with Gasteiger partial charge in [-0.3, -0.25) is 24.6 Å². The van der Waals surface area contributed by atoms with Crippen LogP contribution in [0, 0.1) is 0 Å². The SMILES string of the molecule is CC1(N)CCN(c2cnc(Sc3cccc(NCc4ccc(CN5CCN(c6ccc7c(c6)CN(C6CCC(=O)NC6=O)C7=O)CC5)cc4)c3)cn2)CC1. The summed E-state index contributed by atoms with van der Waals surface area (Å²) in [6.07, 6.45) is 6.26. The van der Waals surface area contributed by atoms with Gasteiger partial charge in [-0.1, -0.05) is 42.1 Å². The lowest BCUT2D eigenvalue weighted by Crippen LogP contribution is -2.52. The number of hydrogen-bond donors (Lipinski definition) is 3. The smallest absolute Gasteiger partial charge is 0.255 e. The van der Waals surface area contributed by atoms with Crippen LogP contribution in [-0.2, 0) is 29.2 Å². The fourth-order valence-corrected chi connectivity index (χ4v) is 8.49. The minimum Gasteiger partial charge on any atom is -0.381 e. The minimum absolute atomic E-state index is 0.0895. The molecule has 1 unspecified atom stereocenters. The molecule has 3 saturated heterocycles. The molecule has 280 valence electrons. The molecule has 8 rings (SSSR count). The van der Waals surface area contributed by atoms with Crippen molar-refractivity contribution in [3.05, 3.63) is 101 Å². The maximum atomic E-state index is 13.1. The predicted octanol–water partition coefficient (Wildman–Crippen LogP) is 4.64. The summed E-state index contributed by atoms with van der Waals surface area (Å²) in [6.45, 7) is 9.64. The van der Waals surface area contributed by atoms with Gasteiger partial charge in [-0.05, 0) is 79.3 Å². The molecule has 0 saturated carbocycles. The first-order valence-electron chi connectivity index (χ1n) is 18.9. The van der Waals surface area contributed by atoms with Crippen molar-refractivity contribution in [2.45, 2.75) is 73.7 Å². The van der Waals surface area contributed by atoms with E-state index in [1.807, 2.05) is 24.5 Å². The number of nitrogens with one attached hydrogen (secondary N) is 2. The van der Waals surface area contributed by atoms with Gasteiger partial charge in [-0.15, -0.1) is 0 Å². The average molecular weight is 746 g/mol. The van der Waals surface area contributed by atoms with Crippen LogP contribution < -0.4 is 26.2 Å². The fourth-order valence-electron chi connectivity index (χ4n) is 7.71. The van der Waals surface area contributed by atoms with Crippen LogP contribution in [0.5, 0.6) is 0 Å². The Morgan fingerprint density at radius 2 is 1.67 bits per heavy atom. The summed E-state index contributed by atoms with van der Waals surface area (Å²) in [5.41, 5.74) is 12.5. The molecule has 1 aromatic heterocycles. The molecule has 3 aromatic carbocycles. The van der Waals surface area contributed by atoms with E-state index in [0.29, 0.717) is 18.5 Å². The van der Waals surface area contributed by atoms with Crippen LogP contribution in [0.2, 0.25) is 0 Å². The highest BCUT2D eigenvalue weighted by atomic mass is 32.2. The lowest BCUT2D eigenvalue weighted by atomic mass is 9.91. The summed E-state index contributed by atoms with van der Waals surface area (Å²) in [5.74, 6) is 0.121. The number of aromatic nitrogens is 2. The van der Waals surface area contributed by atoms with E-state index in [2.05, 4.69) is 96.8 Å². The van der Waals surface area contributed by atoms with Crippen molar-refractivity contribution in [3.8, 4) is 0 Å². The lowest BCUT2D eigenvalue weighted by Gasteiger charge is -2.37. The Morgan fingerprint density at radius 1 is 0.889 bits per heavy atom. The number of nitrogens with zero attached hydrogens (tertiary/aromatic N) is 6. The summed E-state index contributed by atoms with van der Waals surface area (Å²) in [5, 5.41) is 6.82. The Morgan fingerprint density at radius 3 is 2.41 bits per heavy atom. The molecule has 3 fully saturated rings. The van der Waals surface area contributed by atoms with Crippen LogP contribution in [0.25, 0.3) is 0 Å². The first-order valence-corrected chi connectivity index (χ1v) is 19.7. The molecule has 54 heavy (non-hydrogen) atoms. The normalized spacial score (nSPS) is 20.2. The highest BCUT2D eigenvalue weighted by Crippen LogP contribution is 2.32. The molecule has 1 atom stereocenters. The fraction of sp³-hybridized carbons (Fsp3) is 0.390. The van der Waals surface area contributed by atoms with Gasteiger partial charge in [0.25, 0.3) is 5.91 Å². The summed E-state index contributed by atoms with van der Waals surface area (Å²) in [7, 11) is 0. The van der Waals surface area contributed by atoms with Crippen molar-refractivity contribution in [1.82, 2.24) is 25.1 Å². The Hall–Kier alpha value is -4.98. The zero-order valence-corrected chi connectivity index (χ0v) is 31.5. The first kappa shape index (κ1) is 36.0. The van der Waals surface area contributed by atoms with Gasteiger partial charge in [0.2, 0.25) is 11.8 Å². The number of piperidine rings is 2. The molecule has 4 aliphatic heterocycles. The van der Waals surface area contributed by atoms with Crippen LogP contribution >= 0.6 is 11.8 Å². The number of carbonyl (C=O) groups is 3. The van der Waals surface area contributed by atoms with Gasteiger partial charge in [0.15, 0.2) is 0 Å². The Balaban J connectivity index is 0.786. The topological polar surface area (TPSA) is 140 Å². The Kier molecular flexibility index (Phi) is 10.3. The van der Waals surface area contributed by atoms with E-state index in [-0.39, 0.29) is 29.7 Å². The number of imide groups is 1. The standard InChI is InChI=1S/C41H47N9O3S/c1-41(42)13-15-49(16-14-41)36-24-45-38(25-44-36)54-33-4-2-3-31(22-33)43-23-28-5-7-29(8-6-28)26-47-17-19-48(20-18-47)32-9-10-34-30(21-32)27-50(40(34)53)35-11-12-37(51)46-39(35)52/h2-10,21-22,24-25,35,43H,11-20,23,26-27,42H2,1H3,(H,46,51,52). The Bertz CT molecular complexity index is 2010. The molecular weight excluding hydrogens is 699 g/mol. The van der Waals surface area contributed by atoms with Gasteiger partial charge in [-0.2, -0.15) is 0 Å². The quantitative estimate of drug-likeness (QED) is 0.196. The molecule has 5 heterocycles. The van der Waals surface area contributed by atoms with Crippen molar-refractivity contribution < 1.29 is 14.4 Å². The minimum atomic E-state index is -0.595. The maximum Gasteiger partial charge on any atom is 0.255 e. The van der Waals surface area contributed by atoms with E-state index in [1.165, 1.54) is 11.1 Å². The summed E-state index contributed by atoms with van der Waals surface area (Å²) in [6, 6.07) is 22.7. The van der Waals surface area contributed by atoms with Crippen LogP contribution in [-0.4, -0.2) is 88.3 Å². The van der Waals surface area contributed by atoms with Gasteiger partial charge in [0, 0.05) is 92.7 Å². The number of carbonyl (C=O) groups excluding carboxylic acids is 3. The van der Waals surface area contributed by atoms with E-state index >= 15 is 0 Å². The van der Waals surface area contributed by atoms with Gasteiger partial charge < -0.3 is 25.8 Å². The van der Waals surface area contributed by atoms with Crippen molar-refractivity contribution in [1.29, 1.82) is 0 Å². The molecular formula is C41H47N9O3S. The van der Waals surface area contributed by atoms with Gasteiger partial charge in [0.05, 0.1) is 12.4 Å². The molecule has 3 amide bonds. The largest absolute Gasteiger partial charge is 0.381 e. The highest BCUT2D eigenvalue weighted by molar-refractivity contribution is 7.99. The number of benzene rings is 3. The summed E-state index contributed by atoms with van der Waals surface area (Å²) >= 11 is 1.61. The predicted molar refractivity (Wildman–Crippen MR) is 210 cm³/mol. The van der Waals surface area contributed by atoms with E-state index in [1.54, 1.807) is 16.7 Å². The maximum absolute atomic E-state index is 13.1. The molecule has 0 bridgehead atoms. The zero-order valence-electron chi connectivity index (χ0n) is 30.7. The van der Waals surface area contributed by atoms with E-state index in [0.717, 1.165) is 97.9 Å². The van der Waals surface area contributed by atoms with Crippen LogP contribution in [0.3, 0.4) is 0 Å². The van der Waals surface area contributed by atoms with E-state index in [9.17, 15) is 14.4 Å². The molecule has 13 heteroatoms. The molecule has 4 aliphatic rings. The second-order valence-corrected chi connectivity index (χ2v) is 16.3. The zero-order chi connectivity index (χ0) is 37.2.